The van der Waals surface area contributed by atoms with Gasteiger partial charge < -0.3 is 10.2 Å². The zero-order chi connectivity index (χ0) is 14.5. The minimum absolute atomic E-state index is 0.0496. The Morgan fingerprint density at radius 3 is 2.85 bits per heavy atom. The van der Waals surface area contributed by atoms with E-state index in [0.29, 0.717) is 10.6 Å². The summed E-state index contributed by atoms with van der Waals surface area (Å²) in [5.41, 5.74) is 6.03. The van der Waals surface area contributed by atoms with Gasteiger partial charge in [-0.1, -0.05) is 0 Å². The van der Waals surface area contributed by atoms with Crippen LogP contribution >= 0.6 is 11.8 Å². The van der Waals surface area contributed by atoms with E-state index in [1.165, 1.54) is 30.5 Å². The number of hydrogen-bond donors (Lipinski definition) is 2. The molecule has 20 heavy (non-hydrogen) atoms. The Kier molecular flexibility index (Phi) is 4.41. The van der Waals surface area contributed by atoms with Gasteiger partial charge in [-0.05, 0) is 30.3 Å². The van der Waals surface area contributed by atoms with Gasteiger partial charge in [-0.3, -0.25) is 14.9 Å². The van der Waals surface area contributed by atoms with E-state index in [0.717, 1.165) is 11.8 Å². The second-order valence-electron chi connectivity index (χ2n) is 3.83. The molecule has 0 aliphatic rings. The quantitative estimate of drug-likeness (QED) is 0.666. The Bertz CT molecular complexity index is 629. The molecule has 2 amide bonds. The van der Waals surface area contributed by atoms with E-state index >= 15 is 0 Å². The largest absolute Gasteiger partial charge is 0.459 e. The van der Waals surface area contributed by atoms with E-state index in [-0.39, 0.29) is 11.5 Å². The molecule has 3 N–H and O–H groups in total. The highest BCUT2D eigenvalue weighted by molar-refractivity contribution is 8.00. The highest BCUT2D eigenvalue weighted by Gasteiger charge is 2.13. The minimum Gasteiger partial charge on any atom is -0.459 e. The minimum atomic E-state index is -0.618. The molecule has 0 bridgehead atoms. The maximum absolute atomic E-state index is 13.0. The molecule has 0 aliphatic heterocycles. The Balaban J connectivity index is 1.89. The van der Waals surface area contributed by atoms with Crippen LogP contribution in [-0.4, -0.2) is 17.6 Å². The van der Waals surface area contributed by atoms with Crippen LogP contribution in [0.25, 0.3) is 0 Å². The fraction of sp³-hybridized carbons (Fsp3) is 0.0769. The van der Waals surface area contributed by atoms with Gasteiger partial charge in [0.25, 0.3) is 5.91 Å². The Hall–Kier alpha value is -2.28. The SMILES string of the molecule is Nc1ccc(F)cc1SCC(=O)NC(=O)c1ccco1. The Labute approximate surface area is 118 Å². The Morgan fingerprint density at radius 2 is 2.15 bits per heavy atom. The van der Waals surface area contributed by atoms with Crippen molar-refractivity contribution in [3.05, 3.63) is 48.2 Å². The van der Waals surface area contributed by atoms with E-state index in [1.54, 1.807) is 6.07 Å². The van der Waals surface area contributed by atoms with Crippen molar-refractivity contribution in [1.82, 2.24) is 5.32 Å². The molecule has 1 heterocycles. The number of carbonyl (C=O) groups is 2. The normalized spacial score (nSPS) is 10.2. The number of carbonyl (C=O) groups excluding carboxylic acids is 2. The lowest BCUT2D eigenvalue weighted by Gasteiger charge is -2.05. The summed E-state index contributed by atoms with van der Waals surface area (Å²) in [6.07, 6.45) is 1.33. The maximum Gasteiger partial charge on any atom is 0.293 e. The molecule has 1 aromatic heterocycles. The van der Waals surface area contributed by atoms with Gasteiger partial charge in [0.1, 0.15) is 5.82 Å². The first-order chi connectivity index (χ1) is 9.56. The van der Waals surface area contributed by atoms with Crippen LogP contribution in [0.2, 0.25) is 0 Å². The van der Waals surface area contributed by atoms with Crippen molar-refractivity contribution >= 4 is 29.3 Å². The molecule has 5 nitrogen and oxygen atoms in total. The smallest absolute Gasteiger partial charge is 0.293 e. The molecule has 0 aliphatic carbocycles. The number of amides is 2. The summed E-state index contributed by atoms with van der Waals surface area (Å²) in [4.78, 5) is 23.6. The van der Waals surface area contributed by atoms with Crippen molar-refractivity contribution in [2.75, 3.05) is 11.5 Å². The van der Waals surface area contributed by atoms with Gasteiger partial charge in [-0.15, -0.1) is 11.8 Å². The average molecular weight is 294 g/mol. The van der Waals surface area contributed by atoms with Crippen LogP contribution in [0.15, 0.2) is 45.9 Å². The summed E-state index contributed by atoms with van der Waals surface area (Å²) in [6, 6.07) is 6.88. The molecule has 0 radical (unpaired) electrons. The summed E-state index contributed by atoms with van der Waals surface area (Å²) < 4.78 is 17.9. The molecule has 7 heteroatoms. The number of anilines is 1. The van der Waals surface area contributed by atoms with Crippen molar-refractivity contribution in [3.63, 3.8) is 0 Å². The van der Waals surface area contributed by atoms with E-state index in [1.807, 2.05) is 0 Å². The number of nitrogens with two attached hydrogens (primary N) is 1. The third kappa shape index (κ3) is 3.61. The molecule has 104 valence electrons. The maximum atomic E-state index is 13.0. The van der Waals surface area contributed by atoms with E-state index in [9.17, 15) is 14.0 Å². The fourth-order valence-electron chi connectivity index (χ4n) is 1.41. The highest BCUT2D eigenvalue weighted by atomic mass is 32.2. The lowest BCUT2D eigenvalue weighted by molar-refractivity contribution is -0.117. The van der Waals surface area contributed by atoms with Crippen molar-refractivity contribution in [1.29, 1.82) is 0 Å². The monoisotopic (exact) mass is 294 g/mol. The topological polar surface area (TPSA) is 85.3 Å². The molecule has 0 saturated carbocycles. The lowest BCUT2D eigenvalue weighted by atomic mass is 10.3. The van der Waals surface area contributed by atoms with Crippen molar-refractivity contribution < 1.29 is 18.4 Å². The molecule has 0 unspecified atom stereocenters. The number of thioether (sulfide) groups is 1. The zero-order valence-electron chi connectivity index (χ0n) is 10.3. The fourth-order valence-corrected chi connectivity index (χ4v) is 2.20. The Morgan fingerprint density at radius 1 is 1.35 bits per heavy atom. The standard InChI is InChI=1S/C13H11FN2O3S/c14-8-3-4-9(15)11(6-8)20-7-12(17)16-13(18)10-2-1-5-19-10/h1-6H,7,15H2,(H,16,17,18). The van der Waals surface area contributed by atoms with Crippen LogP contribution < -0.4 is 11.1 Å². The molecule has 0 saturated heterocycles. The second-order valence-corrected chi connectivity index (χ2v) is 4.84. The van der Waals surface area contributed by atoms with Crippen LogP contribution in [0.1, 0.15) is 10.6 Å². The van der Waals surface area contributed by atoms with E-state index in [4.69, 9.17) is 10.2 Å². The van der Waals surface area contributed by atoms with Crippen molar-refractivity contribution in [2.24, 2.45) is 0 Å². The third-order valence-electron chi connectivity index (χ3n) is 2.33. The molecular weight excluding hydrogens is 283 g/mol. The number of furan rings is 1. The lowest BCUT2D eigenvalue weighted by Crippen LogP contribution is -2.31. The number of imide groups is 1. The number of nitrogens with one attached hydrogen (secondary N) is 1. The molecule has 0 fully saturated rings. The van der Waals surface area contributed by atoms with Crippen LogP contribution in [0.4, 0.5) is 10.1 Å². The molecule has 2 aromatic rings. The van der Waals surface area contributed by atoms with Crippen LogP contribution in [-0.2, 0) is 4.79 Å². The van der Waals surface area contributed by atoms with Gasteiger partial charge >= 0.3 is 0 Å². The summed E-state index contributed by atoms with van der Waals surface area (Å²) >= 11 is 1.05. The first-order valence-corrected chi connectivity index (χ1v) is 6.60. The summed E-state index contributed by atoms with van der Waals surface area (Å²) in [6.45, 7) is 0. The van der Waals surface area contributed by atoms with Gasteiger partial charge in [0, 0.05) is 10.6 Å². The van der Waals surface area contributed by atoms with Gasteiger partial charge in [0.2, 0.25) is 5.91 Å². The number of nitrogen functional groups attached to an aromatic ring is 1. The van der Waals surface area contributed by atoms with E-state index < -0.39 is 17.6 Å². The first kappa shape index (κ1) is 14.1. The number of halogens is 1. The second kappa shape index (κ2) is 6.25. The molecule has 2 rings (SSSR count). The van der Waals surface area contributed by atoms with E-state index in [2.05, 4.69) is 5.32 Å². The van der Waals surface area contributed by atoms with Gasteiger partial charge in [0.05, 0.1) is 12.0 Å². The van der Waals surface area contributed by atoms with Crippen LogP contribution in [0.3, 0.4) is 0 Å². The summed E-state index contributed by atoms with van der Waals surface area (Å²) in [5, 5.41) is 2.16. The molecule has 0 spiro atoms. The average Bonchev–Trinajstić information content (AvgIpc) is 2.94. The van der Waals surface area contributed by atoms with Crippen molar-refractivity contribution in [3.8, 4) is 0 Å². The number of benzene rings is 1. The van der Waals surface area contributed by atoms with Crippen LogP contribution in [0, 0.1) is 5.82 Å². The molecule has 1 aromatic carbocycles. The predicted octanol–water partition coefficient (Wildman–Crippen LogP) is 2.05. The van der Waals surface area contributed by atoms with Gasteiger partial charge in [-0.2, -0.15) is 0 Å². The predicted molar refractivity (Wildman–Crippen MR) is 72.7 cm³/mol. The number of hydrogen-bond acceptors (Lipinski definition) is 5. The molecule has 0 atom stereocenters. The first-order valence-electron chi connectivity index (χ1n) is 5.62. The third-order valence-corrected chi connectivity index (χ3v) is 3.40. The van der Waals surface area contributed by atoms with Gasteiger partial charge in [-0.25, -0.2) is 4.39 Å². The highest BCUT2D eigenvalue weighted by Crippen LogP contribution is 2.25. The van der Waals surface area contributed by atoms with Crippen molar-refractivity contribution in [2.45, 2.75) is 4.90 Å². The summed E-state index contributed by atoms with van der Waals surface area (Å²) in [7, 11) is 0. The molecular formula is C13H11FN2O3S. The summed E-state index contributed by atoms with van der Waals surface area (Å²) in [5.74, 6) is -1.57. The number of rotatable bonds is 4. The zero-order valence-corrected chi connectivity index (χ0v) is 11.1. The van der Waals surface area contributed by atoms with Crippen LogP contribution in [0.5, 0.6) is 0 Å². The van der Waals surface area contributed by atoms with Gasteiger partial charge in [0.15, 0.2) is 5.76 Å².